The van der Waals surface area contributed by atoms with E-state index < -0.39 is 18.5 Å². The Morgan fingerprint density at radius 1 is 1.38 bits per heavy atom. The van der Waals surface area contributed by atoms with Crippen LogP contribution >= 0.6 is 0 Å². The number of carbonyl (C=O) groups is 2. The molecule has 0 saturated heterocycles. The number of methoxy groups -OCH3 is 1. The molecule has 0 spiro atoms. The Bertz CT molecular complexity index is 661. The monoisotopic (exact) mass is 332 g/mol. The number of nitrogens with one attached hydrogen (secondary N) is 1. The van der Waals surface area contributed by atoms with Gasteiger partial charge in [-0.15, -0.1) is 0 Å². The molecule has 0 atom stereocenters. The van der Waals surface area contributed by atoms with Crippen molar-refractivity contribution in [3.8, 4) is 17.6 Å². The van der Waals surface area contributed by atoms with E-state index in [1.54, 1.807) is 12.1 Å². The number of ether oxygens (including phenoxy) is 2. The lowest BCUT2D eigenvalue weighted by molar-refractivity contribution is -0.139. The number of nitrogens with zero attached hydrogens (tertiary/aromatic N) is 1. The Hall–Kier alpha value is -3.01. The zero-order valence-corrected chi connectivity index (χ0v) is 13.7. The molecule has 0 aromatic heterocycles. The molecule has 0 saturated carbocycles. The highest BCUT2D eigenvalue weighted by Crippen LogP contribution is 2.28. The average molecular weight is 332 g/mol. The molecule has 1 rings (SSSR count). The molecule has 0 aliphatic heterocycles. The maximum absolute atomic E-state index is 11.9. The van der Waals surface area contributed by atoms with Crippen LogP contribution < -0.4 is 14.8 Å². The van der Waals surface area contributed by atoms with Crippen molar-refractivity contribution in [3.63, 3.8) is 0 Å². The standard InChI is InChI=1S/C17H20N2O5/c1-3-4-7-19-17(22)13(10-18)8-12-5-6-14(15(9-12)23-2)24-11-16(20)21/h5-6,8-9H,3-4,7,11H2,1-2H3,(H,19,22)(H,20,21)/b13-8+. The molecule has 0 heterocycles. The minimum atomic E-state index is -1.10. The molecule has 0 fully saturated rings. The molecule has 0 aliphatic rings. The zero-order valence-electron chi connectivity index (χ0n) is 13.7. The second-order valence-electron chi connectivity index (χ2n) is 4.87. The summed E-state index contributed by atoms with van der Waals surface area (Å²) >= 11 is 0. The molecule has 1 aromatic carbocycles. The lowest BCUT2D eigenvalue weighted by Crippen LogP contribution is -2.25. The number of nitriles is 1. The van der Waals surface area contributed by atoms with E-state index in [4.69, 9.17) is 19.8 Å². The van der Waals surface area contributed by atoms with Crippen LogP contribution in [0.4, 0.5) is 0 Å². The molecule has 7 nitrogen and oxygen atoms in total. The van der Waals surface area contributed by atoms with Gasteiger partial charge in [-0.05, 0) is 30.2 Å². The van der Waals surface area contributed by atoms with E-state index in [0.29, 0.717) is 17.9 Å². The fourth-order valence-electron chi connectivity index (χ4n) is 1.82. The Morgan fingerprint density at radius 2 is 2.12 bits per heavy atom. The van der Waals surface area contributed by atoms with Crippen LogP contribution in [0.25, 0.3) is 6.08 Å². The maximum Gasteiger partial charge on any atom is 0.341 e. The summed E-state index contributed by atoms with van der Waals surface area (Å²) in [6.07, 6.45) is 3.22. The number of unbranched alkanes of at least 4 members (excludes halogenated alkanes) is 1. The molecular formula is C17H20N2O5. The van der Waals surface area contributed by atoms with Gasteiger partial charge < -0.3 is 19.9 Å². The van der Waals surface area contributed by atoms with Gasteiger partial charge in [-0.2, -0.15) is 5.26 Å². The maximum atomic E-state index is 11.9. The van der Waals surface area contributed by atoms with E-state index in [1.165, 1.54) is 19.3 Å². The van der Waals surface area contributed by atoms with Gasteiger partial charge in [0.15, 0.2) is 18.1 Å². The first-order chi connectivity index (χ1) is 11.5. The summed E-state index contributed by atoms with van der Waals surface area (Å²) in [5.41, 5.74) is 0.545. The normalized spacial score (nSPS) is 10.6. The first-order valence-electron chi connectivity index (χ1n) is 7.44. The smallest absolute Gasteiger partial charge is 0.341 e. The minimum absolute atomic E-state index is 0.0210. The molecular weight excluding hydrogens is 312 g/mol. The third-order valence-electron chi connectivity index (χ3n) is 3.03. The first-order valence-corrected chi connectivity index (χ1v) is 7.44. The topological polar surface area (TPSA) is 109 Å². The summed E-state index contributed by atoms with van der Waals surface area (Å²) in [5, 5.41) is 20.5. The number of amides is 1. The summed E-state index contributed by atoms with van der Waals surface area (Å²) in [6, 6.07) is 6.56. The second-order valence-corrected chi connectivity index (χ2v) is 4.87. The number of hydrogen-bond donors (Lipinski definition) is 2. The van der Waals surface area contributed by atoms with Gasteiger partial charge in [0.05, 0.1) is 7.11 Å². The van der Waals surface area contributed by atoms with Crippen LogP contribution in [0.3, 0.4) is 0 Å². The number of carboxylic acids is 1. The van der Waals surface area contributed by atoms with Crippen molar-refractivity contribution in [2.45, 2.75) is 19.8 Å². The van der Waals surface area contributed by atoms with Gasteiger partial charge in [0, 0.05) is 6.54 Å². The van der Waals surface area contributed by atoms with E-state index >= 15 is 0 Å². The Balaban J connectivity index is 2.93. The fraction of sp³-hybridized carbons (Fsp3) is 0.353. The van der Waals surface area contributed by atoms with Gasteiger partial charge in [-0.25, -0.2) is 4.79 Å². The van der Waals surface area contributed by atoms with Gasteiger partial charge in [0.2, 0.25) is 0 Å². The van der Waals surface area contributed by atoms with Gasteiger partial charge in [0.1, 0.15) is 11.6 Å². The van der Waals surface area contributed by atoms with Crippen molar-refractivity contribution < 1.29 is 24.2 Å². The van der Waals surface area contributed by atoms with Crippen molar-refractivity contribution >= 4 is 18.0 Å². The number of carbonyl (C=O) groups excluding carboxylic acids is 1. The van der Waals surface area contributed by atoms with Gasteiger partial charge in [-0.1, -0.05) is 19.4 Å². The van der Waals surface area contributed by atoms with Gasteiger partial charge in [-0.3, -0.25) is 4.79 Å². The van der Waals surface area contributed by atoms with Crippen LogP contribution in [0.15, 0.2) is 23.8 Å². The lowest BCUT2D eigenvalue weighted by Gasteiger charge is -2.10. The highest BCUT2D eigenvalue weighted by molar-refractivity contribution is 6.01. The molecule has 0 bridgehead atoms. The van der Waals surface area contributed by atoms with E-state index in [0.717, 1.165) is 12.8 Å². The summed E-state index contributed by atoms with van der Waals surface area (Å²) in [6.45, 7) is 2.03. The molecule has 2 N–H and O–H groups in total. The van der Waals surface area contributed by atoms with Crippen LogP contribution in [0.1, 0.15) is 25.3 Å². The molecule has 128 valence electrons. The van der Waals surface area contributed by atoms with Crippen molar-refractivity contribution in [3.05, 3.63) is 29.3 Å². The average Bonchev–Trinajstić information content (AvgIpc) is 2.58. The van der Waals surface area contributed by atoms with E-state index in [9.17, 15) is 9.59 Å². The summed E-state index contributed by atoms with van der Waals surface area (Å²) < 4.78 is 10.2. The van der Waals surface area contributed by atoms with Gasteiger partial charge >= 0.3 is 5.97 Å². The van der Waals surface area contributed by atoms with Crippen LogP contribution in [0, 0.1) is 11.3 Å². The SMILES string of the molecule is CCCCNC(=O)/C(C#N)=C/c1ccc(OCC(=O)O)c(OC)c1. The van der Waals surface area contributed by atoms with Crippen molar-refractivity contribution in [2.75, 3.05) is 20.3 Å². The van der Waals surface area contributed by atoms with E-state index in [1.807, 2.05) is 13.0 Å². The fourth-order valence-corrected chi connectivity index (χ4v) is 1.82. The molecule has 1 aromatic rings. The molecule has 1 amide bonds. The van der Waals surface area contributed by atoms with E-state index in [2.05, 4.69) is 5.32 Å². The van der Waals surface area contributed by atoms with Gasteiger partial charge in [0.25, 0.3) is 5.91 Å². The third-order valence-corrected chi connectivity index (χ3v) is 3.03. The summed E-state index contributed by atoms with van der Waals surface area (Å²) in [4.78, 5) is 22.5. The van der Waals surface area contributed by atoms with Crippen LogP contribution in [0.2, 0.25) is 0 Å². The molecule has 0 radical (unpaired) electrons. The lowest BCUT2D eigenvalue weighted by atomic mass is 10.1. The van der Waals surface area contributed by atoms with Crippen molar-refractivity contribution in [1.82, 2.24) is 5.32 Å². The number of carboxylic acid groups (broad SMARTS) is 1. The predicted molar refractivity (Wildman–Crippen MR) is 87.6 cm³/mol. The zero-order chi connectivity index (χ0) is 17.9. The van der Waals surface area contributed by atoms with E-state index in [-0.39, 0.29) is 11.3 Å². The Kier molecular flexibility index (Phi) is 7.85. The second kappa shape index (κ2) is 9.90. The van der Waals surface area contributed by atoms with Crippen LogP contribution in [0.5, 0.6) is 11.5 Å². The number of hydrogen-bond acceptors (Lipinski definition) is 5. The highest BCUT2D eigenvalue weighted by Gasteiger charge is 2.11. The quantitative estimate of drug-likeness (QED) is 0.407. The largest absolute Gasteiger partial charge is 0.493 e. The summed E-state index contributed by atoms with van der Waals surface area (Å²) in [5.74, 6) is -0.954. The Labute approximate surface area is 140 Å². The number of benzene rings is 1. The Morgan fingerprint density at radius 3 is 2.71 bits per heavy atom. The van der Waals surface area contributed by atoms with Crippen LogP contribution in [-0.4, -0.2) is 37.2 Å². The molecule has 24 heavy (non-hydrogen) atoms. The predicted octanol–water partition coefficient (Wildman–Crippen LogP) is 1.98. The third kappa shape index (κ3) is 6.01. The number of rotatable bonds is 9. The highest BCUT2D eigenvalue weighted by atomic mass is 16.5. The summed E-state index contributed by atoms with van der Waals surface area (Å²) in [7, 11) is 1.42. The van der Waals surface area contributed by atoms with Crippen molar-refractivity contribution in [1.29, 1.82) is 5.26 Å². The molecule has 0 unspecified atom stereocenters. The minimum Gasteiger partial charge on any atom is -0.493 e. The first kappa shape index (κ1) is 19.0. The van der Waals surface area contributed by atoms with Crippen molar-refractivity contribution in [2.24, 2.45) is 0 Å². The number of aliphatic carboxylic acids is 1. The molecule has 7 heteroatoms. The van der Waals surface area contributed by atoms with Crippen LogP contribution in [-0.2, 0) is 9.59 Å². The molecule has 0 aliphatic carbocycles.